The van der Waals surface area contributed by atoms with Crippen LogP contribution in [0.3, 0.4) is 0 Å². The molecule has 90 valence electrons. The molecule has 1 aromatic heterocycles. The van der Waals surface area contributed by atoms with Crippen molar-refractivity contribution < 1.29 is 0 Å². The average molecular weight is 260 g/mol. The number of hydrogen-bond donors (Lipinski definition) is 0. The molecule has 0 fully saturated rings. The lowest BCUT2D eigenvalue weighted by Gasteiger charge is -2.01. The Kier molecular flexibility index (Phi) is 6.57. The van der Waals surface area contributed by atoms with Crippen LogP contribution in [0.25, 0.3) is 0 Å². The van der Waals surface area contributed by atoms with E-state index in [9.17, 15) is 0 Å². The van der Waals surface area contributed by atoms with E-state index >= 15 is 0 Å². The second kappa shape index (κ2) is 8.57. The van der Waals surface area contributed by atoms with Crippen molar-refractivity contribution in [2.24, 2.45) is 5.92 Å². The molecule has 0 amide bonds. The zero-order chi connectivity index (χ0) is 13.9. The van der Waals surface area contributed by atoms with Gasteiger partial charge in [-0.25, -0.2) is 0 Å². The third kappa shape index (κ3) is 6.11. The van der Waals surface area contributed by atoms with Crippen molar-refractivity contribution in [2.75, 3.05) is 0 Å². The highest BCUT2D eigenvalue weighted by Gasteiger charge is 2.03. The summed E-state index contributed by atoms with van der Waals surface area (Å²) in [6, 6.07) is 2.15. The molecule has 1 atom stereocenters. The molecule has 0 aliphatic heterocycles. The molecule has 0 aromatic carbocycles. The van der Waals surface area contributed by atoms with E-state index in [1.165, 1.54) is 10.4 Å². The van der Waals surface area contributed by atoms with Gasteiger partial charge in [0, 0.05) is 10.8 Å². The van der Waals surface area contributed by atoms with E-state index in [-0.39, 0.29) is 5.92 Å². The molecule has 19 heavy (non-hydrogen) atoms. The molecule has 1 rings (SSSR count). The summed E-state index contributed by atoms with van der Waals surface area (Å²) in [6.45, 7) is 4.22. The number of terminal acetylenes is 1. The smallest absolute Gasteiger partial charge is 0.0225 e. The second-order valence-electron chi connectivity index (χ2n) is 3.77. The fraction of sp³-hybridized carbons (Fsp3) is 0.222. The standard InChI is InChI=1S/C18H12S/c1-4-5-6-7-8-9-10-11-12-16(2)15-18-13-14-19-17(18)3/h1,13-14,16H,15H2,2-3H3. The van der Waals surface area contributed by atoms with E-state index < -0.39 is 0 Å². The molecule has 1 aromatic rings. The lowest BCUT2D eigenvalue weighted by atomic mass is 10.0. The quantitative estimate of drug-likeness (QED) is 0.717. The van der Waals surface area contributed by atoms with E-state index in [1.54, 1.807) is 11.3 Å². The Bertz CT molecular complexity index is 710. The average Bonchev–Trinajstić information content (AvgIpc) is 2.78. The molecule has 0 saturated carbocycles. The van der Waals surface area contributed by atoms with Gasteiger partial charge >= 0.3 is 0 Å². The van der Waals surface area contributed by atoms with Gasteiger partial charge in [0.1, 0.15) is 0 Å². The minimum Gasteiger partial charge on any atom is -0.149 e. The van der Waals surface area contributed by atoms with Gasteiger partial charge in [-0.15, -0.1) is 17.8 Å². The summed E-state index contributed by atoms with van der Waals surface area (Å²) in [5.74, 6) is 23.6. The minimum absolute atomic E-state index is 0.289. The van der Waals surface area contributed by atoms with Crippen molar-refractivity contribution in [1.29, 1.82) is 0 Å². The van der Waals surface area contributed by atoms with Gasteiger partial charge in [0.15, 0.2) is 0 Å². The molecule has 0 spiro atoms. The van der Waals surface area contributed by atoms with Gasteiger partial charge in [-0.05, 0) is 77.7 Å². The van der Waals surface area contributed by atoms with Crippen LogP contribution in [0, 0.1) is 72.5 Å². The van der Waals surface area contributed by atoms with Gasteiger partial charge in [0.25, 0.3) is 0 Å². The third-order valence-electron chi connectivity index (χ3n) is 2.26. The SMILES string of the molecule is C#CC#CC#CC#CC#CC(C)Cc1ccsc1C. The van der Waals surface area contributed by atoms with E-state index in [1.807, 2.05) is 0 Å². The van der Waals surface area contributed by atoms with E-state index in [4.69, 9.17) is 6.42 Å². The Morgan fingerprint density at radius 1 is 1.11 bits per heavy atom. The van der Waals surface area contributed by atoms with Crippen molar-refractivity contribution in [3.8, 4) is 59.7 Å². The van der Waals surface area contributed by atoms with Crippen molar-refractivity contribution in [3.05, 3.63) is 21.9 Å². The molecule has 0 aliphatic carbocycles. The lowest BCUT2D eigenvalue weighted by Crippen LogP contribution is -1.96. The van der Waals surface area contributed by atoms with Crippen molar-refractivity contribution in [3.63, 3.8) is 0 Å². The molecule has 1 heteroatoms. The maximum absolute atomic E-state index is 4.94. The van der Waals surface area contributed by atoms with Crippen LogP contribution in [-0.2, 0) is 6.42 Å². The molecular formula is C18H12S. The van der Waals surface area contributed by atoms with Crippen LogP contribution in [0.5, 0.6) is 0 Å². The highest BCUT2D eigenvalue weighted by Crippen LogP contribution is 2.18. The van der Waals surface area contributed by atoms with Gasteiger partial charge in [-0.1, -0.05) is 12.8 Å². The van der Waals surface area contributed by atoms with Crippen molar-refractivity contribution in [2.45, 2.75) is 20.3 Å². The van der Waals surface area contributed by atoms with Crippen LogP contribution in [0.1, 0.15) is 17.4 Å². The lowest BCUT2D eigenvalue weighted by molar-refractivity contribution is 0.750. The van der Waals surface area contributed by atoms with Crippen LogP contribution in [0.15, 0.2) is 11.4 Å². The largest absolute Gasteiger partial charge is 0.149 e. The summed E-state index contributed by atoms with van der Waals surface area (Å²) in [5, 5.41) is 2.11. The molecule has 0 aliphatic rings. The summed E-state index contributed by atoms with van der Waals surface area (Å²) >= 11 is 1.77. The first-order valence-electron chi connectivity index (χ1n) is 5.73. The number of thiophene rings is 1. The van der Waals surface area contributed by atoms with Crippen molar-refractivity contribution in [1.82, 2.24) is 0 Å². The highest BCUT2D eigenvalue weighted by atomic mass is 32.1. The fourth-order valence-electron chi connectivity index (χ4n) is 1.36. The minimum atomic E-state index is 0.289. The van der Waals surface area contributed by atoms with E-state index in [2.05, 4.69) is 78.6 Å². The van der Waals surface area contributed by atoms with Crippen LogP contribution >= 0.6 is 11.3 Å². The molecule has 0 radical (unpaired) electrons. The van der Waals surface area contributed by atoms with Gasteiger partial charge in [-0.3, -0.25) is 0 Å². The molecule has 1 heterocycles. The van der Waals surface area contributed by atoms with Crippen LogP contribution < -0.4 is 0 Å². The van der Waals surface area contributed by atoms with Gasteiger partial charge in [0.05, 0.1) is 0 Å². The topological polar surface area (TPSA) is 0 Å². The fourth-order valence-corrected chi connectivity index (χ4v) is 2.09. The summed E-state index contributed by atoms with van der Waals surface area (Å²) in [6.07, 6.45) is 5.90. The zero-order valence-electron chi connectivity index (χ0n) is 10.9. The Morgan fingerprint density at radius 2 is 1.74 bits per heavy atom. The van der Waals surface area contributed by atoms with Crippen LogP contribution in [-0.4, -0.2) is 0 Å². The van der Waals surface area contributed by atoms with E-state index in [0.717, 1.165) is 6.42 Å². The van der Waals surface area contributed by atoms with Gasteiger partial charge < -0.3 is 0 Å². The van der Waals surface area contributed by atoms with Crippen LogP contribution in [0.2, 0.25) is 0 Å². The maximum Gasteiger partial charge on any atom is 0.0225 e. The first-order chi connectivity index (χ1) is 9.24. The summed E-state index contributed by atoms with van der Waals surface area (Å²) in [4.78, 5) is 1.36. The third-order valence-corrected chi connectivity index (χ3v) is 3.15. The Morgan fingerprint density at radius 3 is 2.32 bits per heavy atom. The number of hydrogen-bond acceptors (Lipinski definition) is 1. The molecule has 0 N–H and O–H groups in total. The summed E-state index contributed by atoms with van der Waals surface area (Å²) < 4.78 is 0. The van der Waals surface area contributed by atoms with Gasteiger partial charge in [0.2, 0.25) is 0 Å². The van der Waals surface area contributed by atoms with E-state index in [0.29, 0.717) is 0 Å². The predicted octanol–water partition coefficient (Wildman–Crippen LogP) is 2.88. The number of rotatable bonds is 2. The molecule has 0 saturated heterocycles. The molecule has 0 nitrogen and oxygen atoms in total. The Labute approximate surface area is 119 Å². The predicted molar refractivity (Wildman–Crippen MR) is 81.9 cm³/mol. The Balaban J connectivity index is 2.50. The first-order valence-corrected chi connectivity index (χ1v) is 6.61. The Hall–Kier alpha value is -2.50. The summed E-state index contributed by atoms with van der Waals surface area (Å²) in [5.41, 5.74) is 1.36. The highest BCUT2D eigenvalue weighted by molar-refractivity contribution is 7.10. The maximum atomic E-state index is 4.94. The number of aryl methyl sites for hydroxylation is 1. The van der Waals surface area contributed by atoms with Gasteiger partial charge in [-0.2, -0.15) is 0 Å². The monoisotopic (exact) mass is 260 g/mol. The van der Waals surface area contributed by atoms with Crippen molar-refractivity contribution >= 4 is 11.3 Å². The molecular weight excluding hydrogens is 248 g/mol. The molecule has 0 bridgehead atoms. The normalized spacial score (nSPS) is 8.89. The zero-order valence-corrected chi connectivity index (χ0v) is 11.7. The molecule has 1 unspecified atom stereocenters. The first kappa shape index (κ1) is 14.6. The summed E-state index contributed by atoms with van der Waals surface area (Å²) in [7, 11) is 0. The van der Waals surface area contributed by atoms with Crippen LogP contribution in [0.4, 0.5) is 0 Å². The second-order valence-corrected chi connectivity index (χ2v) is 4.89.